The van der Waals surface area contributed by atoms with Gasteiger partial charge in [-0.05, 0) is 29.1 Å². The molecule has 21 heavy (non-hydrogen) atoms. The fraction of sp³-hybridized carbons (Fsp3) is 0.176. The number of hydrogen-bond acceptors (Lipinski definition) is 3. The van der Waals surface area contributed by atoms with E-state index in [0.29, 0.717) is 13.2 Å². The first-order valence-electron chi connectivity index (χ1n) is 7.03. The third-order valence-electron chi connectivity index (χ3n) is 3.82. The Hall–Kier alpha value is -2.62. The fourth-order valence-corrected chi connectivity index (χ4v) is 2.75. The topological polar surface area (TPSA) is 49.4 Å². The molecule has 0 aliphatic carbocycles. The summed E-state index contributed by atoms with van der Waals surface area (Å²) in [5.74, 6) is 1.52. The van der Waals surface area contributed by atoms with E-state index >= 15 is 0 Å². The number of anilines is 1. The Balaban J connectivity index is 1.74. The highest BCUT2D eigenvalue weighted by molar-refractivity contribution is 5.80. The predicted octanol–water partition coefficient (Wildman–Crippen LogP) is 3.04. The lowest BCUT2D eigenvalue weighted by molar-refractivity contribution is 0.171. The maximum atomic E-state index is 6.16. The van der Waals surface area contributed by atoms with Crippen molar-refractivity contribution in [1.29, 1.82) is 0 Å². The van der Waals surface area contributed by atoms with E-state index in [9.17, 15) is 0 Å². The Morgan fingerprint density at radius 1 is 1.00 bits per heavy atom. The molecule has 0 amide bonds. The van der Waals surface area contributed by atoms with Gasteiger partial charge in [0.1, 0.15) is 13.2 Å². The predicted molar refractivity (Wildman–Crippen MR) is 82.9 cm³/mol. The minimum Gasteiger partial charge on any atom is -0.486 e. The first-order valence-corrected chi connectivity index (χ1v) is 7.03. The number of hydrogen-bond donors (Lipinski definition) is 1. The van der Waals surface area contributed by atoms with Gasteiger partial charge in [0.05, 0.1) is 0 Å². The summed E-state index contributed by atoms with van der Waals surface area (Å²) in [6.07, 6.45) is 2.08. The zero-order valence-corrected chi connectivity index (χ0v) is 11.6. The van der Waals surface area contributed by atoms with Crippen LogP contribution in [0.1, 0.15) is 5.56 Å². The van der Waals surface area contributed by atoms with E-state index in [4.69, 9.17) is 15.2 Å². The third-order valence-corrected chi connectivity index (χ3v) is 3.82. The summed E-state index contributed by atoms with van der Waals surface area (Å²) in [5.41, 5.74) is 9.13. The molecular weight excluding hydrogens is 264 g/mol. The quantitative estimate of drug-likeness (QED) is 0.734. The monoisotopic (exact) mass is 280 g/mol. The van der Waals surface area contributed by atoms with E-state index in [2.05, 4.69) is 29.0 Å². The lowest BCUT2D eigenvalue weighted by Gasteiger charge is -2.20. The van der Waals surface area contributed by atoms with Gasteiger partial charge in [0.2, 0.25) is 0 Å². The second-order valence-corrected chi connectivity index (χ2v) is 5.20. The zero-order chi connectivity index (χ0) is 14.2. The smallest absolute Gasteiger partial charge is 0.163 e. The van der Waals surface area contributed by atoms with Crippen molar-refractivity contribution in [2.24, 2.45) is 0 Å². The first kappa shape index (κ1) is 12.1. The summed E-state index contributed by atoms with van der Waals surface area (Å²) in [6, 6.07) is 14.3. The second kappa shape index (κ2) is 4.74. The van der Waals surface area contributed by atoms with Crippen LogP contribution in [0.4, 0.5) is 5.69 Å². The molecule has 2 aromatic carbocycles. The molecule has 2 N–H and O–H groups in total. The van der Waals surface area contributed by atoms with Crippen LogP contribution in [0.15, 0.2) is 48.7 Å². The van der Waals surface area contributed by atoms with Gasteiger partial charge in [0.25, 0.3) is 0 Å². The summed E-state index contributed by atoms with van der Waals surface area (Å²) >= 11 is 0. The fourth-order valence-electron chi connectivity index (χ4n) is 2.75. The molecular formula is C17H16N2O2. The molecule has 2 heterocycles. The summed E-state index contributed by atoms with van der Waals surface area (Å²) in [5, 5.41) is 1.23. The highest BCUT2D eigenvalue weighted by Gasteiger charge is 2.15. The van der Waals surface area contributed by atoms with Gasteiger partial charge in [0.15, 0.2) is 11.5 Å². The summed E-state index contributed by atoms with van der Waals surface area (Å²) < 4.78 is 13.4. The van der Waals surface area contributed by atoms with Crippen LogP contribution >= 0.6 is 0 Å². The van der Waals surface area contributed by atoms with Crippen molar-refractivity contribution in [3.8, 4) is 11.5 Å². The molecule has 0 bridgehead atoms. The standard InChI is InChI=1S/C17H16N2O2/c18-14-10-17-16(20-7-8-21-17)9-13(14)11-19-6-5-12-3-1-2-4-15(12)19/h1-6,9-10H,7-8,11,18H2. The van der Waals surface area contributed by atoms with Gasteiger partial charge in [-0.2, -0.15) is 0 Å². The van der Waals surface area contributed by atoms with Crippen LogP contribution in [-0.4, -0.2) is 17.8 Å². The zero-order valence-electron chi connectivity index (χ0n) is 11.6. The average molecular weight is 280 g/mol. The van der Waals surface area contributed by atoms with Crippen LogP contribution in [0.3, 0.4) is 0 Å². The summed E-state index contributed by atoms with van der Waals surface area (Å²) in [7, 11) is 0. The number of aromatic nitrogens is 1. The molecule has 4 nitrogen and oxygen atoms in total. The second-order valence-electron chi connectivity index (χ2n) is 5.20. The maximum absolute atomic E-state index is 6.16. The normalized spacial score (nSPS) is 13.5. The molecule has 1 aliphatic heterocycles. The number of nitrogen functional groups attached to an aromatic ring is 1. The molecule has 0 unspecified atom stereocenters. The molecule has 0 atom stereocenters. The van der Waals surface area contributed by atoms with Gasteiger partial charge < -0.3 is 19.8 Å². The molecule has 3 aromatic rings. The van der Waals surface area contributed by atoms with Gasteiger partial charge in [-0.25, -0.2) is 0 Å². The van der Waals surface area contributed by atoms with E-state index in [1.807, 2.05) is 24.3 Å². The van der Waals surface area contributed by atoms with Crippen molar-refractivity contribution >= 4 is 16.6 Å². The highest BCUT2D eigenvalue weighted by Crippen LogP contribution is 2.35. The molecule has 106 valence electrons. The van der Waals surface area contributed by atoms with E-state index < -0.39 is 0 Å². The molecule has 1 aliphatic rings. The third kappa shape index (κ3) is 2.09. The first-order chi connectivity index (χ1) is 10.3. The molecule has 0 fully saturated rings. The SMILES string of the molecule is Nc1cc2c(cc1Cn1ccc3ccccc31)OCCO2. The number of benzene rings is 2. The van der Waals surface area contributed by atoms with Gasteiger partial charge in [-0.3, -0.25) is 0 Å². The van der Waals surface area contributed by atoms with Crippen molar-refractivity contribution in [2.75, 3.05) is 18.9 Å². The highest BCUT2D eigenvalue weighted by atomic mass is 16.6. The Labute approximate surface area is 122 Å². The molecule has 0 saturated heterocycles. The molecule has 4 rings (SSSR count). The van der Waals surface area contributed by atoms with E-state index in [1.165, 1.54) is 10.9 Å². The minimum absolute atomic E-state index is 0.577. The number of para-hydroxylation sites is 1. The van der Waals surface area contributed by atoms with Crippen molar-refractivity contribution < 1.29 is 9.47 Å². The van der Waals surface area contributed by atoms with E-state index in [-0.39, 0.29) is 0 Å². The Bertz CT molecular complexity index is 808. The molecule has 1 aromatic heterocycles. The van der Waals surface area contributed by atoms with Crippen LogP contribution in [0.2, 0.25) is 0 Å². The molecule has 4 heteroatoms. The number of nitrogens with zero attached hydrogens (tertiary/aromatic N) is 1. The average Bonchev–Trinajstić information content (AvgIpc) is 2.91. The van der Waals surface area contributed by atoms with E-state index in [1.54, 1.807) is 0 Å². The van der Waals surface area contributed by atoms with Crippen molar-refractivity contribution in [3.05, 3.63) is 54.2 Å². The Morgan fingerprint density at radius 3 is 2.62 bits per heavy atom. The van der Waals surface area contributed by atoms with Crippen LogP contribution in [0.25, 0.3) is 10.9 Å². The number of nitrogens with two attached hydrogens (primary N) is 1. The van der Waals surface area contributed by atoms with Gasteiger partial charge in [-0.1, -0.05) is 18.2 Å². The van der Waals surface area contributed by atoms with Crippen molar-refractivity contribution in [3.63, 3.8) is 0 Å². The largest absolute Gasteiger partial charge is 0.486 e. The maximum Gasteiger partial charge on any atom is 0.163 e. The van der Waals surface area contributed by atoms with Gasteiger partial charge in [0, 0.05) is 30.0 Å². The van der Waals surface area contributed by atoms with E-state index in [0.717, 1.165) is 29.3 Å². The number of rotatable bonds is 2. The summed E-state index contributed by atoms with van der Waals surface area (Å²) in [6.45, 7) is 1.88. The Kier molecular flexibility index (Phi) is 2.74. The van der Waals surface area contributed by atoms with Crippen LogP contribution in [0, 0.1) is 0 Å². The molecule has 0 radical (unpaired) electrons. The van der Waals surface area contributed by atoms with Crippen LogP contribution in [-0.2, 0) is 6.54 Å². The van der Waals surface area contributed by atoms with Gasteiger partial charge in [-0.15, -0.1) is 0 Å². The van der Waals surface area contributed by atoms with Crippen molar-refractivity contribution in [1.82, 2.24) is 4.57 Å². The number of ether oxygens (including phenoxy) is 2. The van der Waals surface area contributed by atoms with Gasteiger partial charge >= 0.3 is 0 Å². The lowest BCUT2D eigenvalue weighted by Crippen LogP contribution is -2.16. The molecule has 0 spiro atoms. The Morgan fingerprint density at radius 2 is 1.76 bits per heavy atom. The lowest BCUT2D eigenvalue weighted by atomic mass is 10.1. The minimum atomic E-state index is 0.577. The van der Waals surface area contributed by atoms with Crippen molar-refractivity contribution in [2.45, 2.75) is 6.54 Å². The molecule has 0 saturated carbocycles. The summed E-state index contributed by atoms with van der Waals surface area (Å²) in [4.78, 5) is 0. The number of fused-ring (bicyclic) bond motifs is 2. The van der Waals surface area contributed by atoms with Crippen LogP contribution < -0.4 is 15.2 Å². The van der Waals surface area contributed by atoms with Crippen LogP contribution in [0.5, 0.6) is 11.5 Å².